The second-order valence-electron chi connectivity index (χ2n) is 5.19. The number of piperazine rings is 1. The summed E-state index contributed by atoms with van der Waals surface area (Å²) in [7, 11) is 0. The van der Waals surface area contributed by atoms with Crippen LogP contribution in [0.3, 0.4) is 0 Å². The molecule has 2 rings (SSSR count). The molecule has 1 fully saturated rings. The van der Waals surface area contributed by atoms with Crippen molar-refractivity contribution < 1.29 is 9.18 Å². The van der Waals surface area contributed by atoms with Crippen LogP contribution in [0.1, 0.15) is 30.6 Å². The van der Waals surface area contributed by atoms with Gasteiger partial charge in [0.15, 0.2) is 11.6 Å². The summed E-state index contributed by atoms with van der Waals surface area (Å²) in [5.74, 6) is -0.654. The lowest BCUT2D eigenvalue weighted by atomic mass is 10.2. The average Bonchev–Trinajstić information content (AvgIpc) is 2.50. The second-order valence-corrected chi connectivity index (χ2v) is 5.19. The van der Waals surface area contributed by atoms with Gasteiger partial charge in [-0.2, -0.15) is 0 Å². The van der Waals surface area contributed by atoms with Crippen LogP contribution in [0.2, 0.25) is 0 Å². The Labute approximate surface area is 125 Å². The van der Waals surface area contributed by atoms with E-state index in [1.165, 1.54) is 12.3 Å². The third-order valence-electron chi connectivity index (χ3n) is 3.66. The lowest BCUT2D eigenvalue weighted by molar-refractivity contribution is 0.0633. The second kappa shape index (κ2) is 7.36. The molecule has 0 atom stereocenters. The zero-order chi connectivity index (χ0) is 15.2. The van der Waals surface area contributed by atoms with Crippen molar-refractivity contribution in [3.8, 4) is 0 Å². The van der Waals surface area contributed by atoms with E-state index in [-0.39, 0.29) is 17.3 Å². The van der Waals surface area contributed by atoms with Crippen LogP contribution in [0.5, 0.6) is 0 Å². The van der Waals surface area contributed by atoms with Gasteiger partial charge in [0, 0.05) is 38.9 Å². The van der Waals surface area contributed by atoms with Gasteiger partial charge in [-0.25, -0.2) is 9.37 Å². The van der Waals surface area contributed by atoms with E-state index in [9.17, 15) is 9.18 Å². The van der Waals surface area contributed by atoms with Gasteiger partial charge < -0.3 is 10.2 Å². The summed E-state index contributed by atoms with van der Waals surface area (Å²) in [5, 5.41) is 2.83. The number of pyridine rings is 1. The summed E-state index contributed by atoms with van der Waals surface area (Å²) in [6.45, 7) is 8.63. The van der Waals surface area contributed by atoms with Crippen molar-refractivity contribution in [1.82, 2.24) is 14.8 Å². The summed E-state index contributed by atoms with van der Waals surface area (Å²) in [6.07, 6.45) is 2.58. The van der Waals surface area contributed by atoms with E-state index in [1.54, 1.807) is 4.90 Å². The maximum atomic E-state index is 14.3. The Kier molecular flexibility index (Phi) is 5.50. The Balaban J connectivity index is 2.06. The Hall–Kier alpha value is -1.69. The molecule has 21 heavy (non-hydrogen) atoms. The molecule has 1 aromatic heterocycles. The van der Waals surface area contributed by atoms with E-state index in [4.69, 9.17) is 0 Å². The van der Waals surface area contributed by atoms with E-state index in [0.717, 1.165) is 26.1 Å². The molecule has 5 nitrogen and oxygen atoms in total. The molecule has 1 N–H and O–H groups in total. The van der Waals surface area contributed by atoms with Crippen molar-refractivity contribution in [1.29, 1.82) is 0 Å². The van der Waals surface area contributed by atoms with Gasteiger partial charge in [0.2, 0.25) is 0 Å². The fraction of sp³-hybridized carbons (Fsp3) is 0.600. The zero-order valence-corrected chi connectivity index (χ0v) is 12.7. The molecule has 0 radical (unpaired) electrons. The van der Waals surface area contributed by atoms with Gasteiger partial charge in [-0.3, -0.25) is 9.69 Å². The average molecular weight is 294 g/mol. The highest BCUT2D eigenvalue weighted by Gasteiger charge is 2.24. The molecule has 6 heteroatoms. The number of carbonyl (C=O) groups excluding carboxylic acids is 1. The maximum Gasteiger partial charge on any atom is 0.257 e. The molecular weight excluding hydrogens is 271 g/mol. The van der Waals surface area contributed by atoms with Crippen LogP contribution < -0.4 is 5.32 Å². The number of nitrogens with zero attached hydrogens (tertiary/aromatic N) is 3. The Morgan fingerprint density at radius 1 is 1.33 bits per heavy atom. The van der Waals surface area contributed by atoms with E-state index >= 15 is 0 Å². The van der Waals surface area contributed by atoms with Gasteiger partial charge in [0.1, 0.15) is 0 Å². The van der Waals surface area contributed by atoms with E-state index in [0.29, 0.717) is 19.6 Å². The molecule has 0 aliphatic carbocycles. The van der Waals surface area contributed by atoms with Crippen molar-refractivity contribution in [3.63, 3.8) is 0 Å². The normalized spacial score (nSPS) is 16.0. The van der Waals surface area contributed by atoms with E-state index < -0.39 is 5.82 Å². The van der Waals surface area contributed by atoms with Gasteiger partial charge in [-0.05, 0) is 26.0 Å². The number of aromatic nitrogens is 1. The maximum absolute atomic E-state index is 14.3. The summed E-state index contributed by atoms with van der Waals surface area (Å²) in [6, 6.07) is 1.46. The van der Waals surface area contributed by atoms with Crippen molar-refractivity contribution in [2.45, 2.75) is 20.3 Å². The minimum Gasteiger partial charge on any atom is -0.368 e. The van der Waals surface area contributed by atoms with Crippen molar-refractivity contribution in [2.75, 3.05) is 44.6 Å². The van der Waals surface area contributed by atoms with Crippen molar-refractivity contribution in [3.05, 3.63) is 23.6 Å². The fourth-order valence-electron chi connectivity index (χ4n) is 2.56. The molecule has 1 amide bonds. The topological polar surface area (TPSA) is 48.5 Å². The molecular formula is C15H23FN4O. The molecule has 2 heterocycles. The van der Waals surface area contributed by atoms with Gasteiger partial charge in [0.25, 0.3) is 5.91 Å². The van der Waals surface area contributed by atoms with Crippen molar-refractivity contribution >= 4 is 11.7 Å². The van der Waals surface area contributed by atoms with Gasteiger partial charge in [-0.1, -0.05) is 6.92 Å². The summed E-state index contributed by atoms with van der Waals surface area (Å²) in [5.41, 5.74) is 0.102. The highest BCUT2D eigenvalue weighted by molar-refractivity contribution is 5.95. The Morgan fingerprint density at radius 2 is 2.05 bits per heavy atom. The highest BCUT2D eigenvalue weighted by Crippen LogP contribution is 2.17. The molecule has 0 unspecified atom stereocenters. The van der Waals surface area contributed by atoms with Crippen LogP contribution in [0, 0.1) is 5.82 Å². The number of halogens is 1. The first kappa shape index (κ1) is 15.7. The van der Waals surface area contributed by atoms with Crippen molar-refractivity contribution in [2.24, 2.45) is 0 Å². The largest absolute Gasteiger partial charge is 0.368 e. The highest BCUT2D eigenvalue weighted by atomic mass is 19.1. The van der Waals surface area contributed by atoms with Crippen LogP contribution in [0.15, 0.2) is 12.3 Å². The minimum atomic E-state index is -0.555. The third kappa shape index (κ3) is 3.69. The van der Waals surface area contributed by atoms with Gasteiger partial charge in [0.05, 0.1) is 5.56 Å². The number of amides is 1. The molecule has 116 valence electrons. The van der Waals surface area contributed by atoms with E-state index in [1.807, 2.05) is 6.92 Å². The number of rotatable bonds is 5. The summed E-state index contributed by atoms with van der Waals surface area (Å²) >= 11 is 0. The first-order valence-corrected chi connectivity index (χ1v) is 7.57. The SMILES string of the molecule is CCCN1CCN(C(=O)c2ccnc(NCC)c2F)CC1. The minimum absolute atomic E-state index is 0.102. The number of carbonyl (C=O) groups is 1. The number of hydrogen-bond acceptors (Lipinski definition) is 4. The molecule has 1 aromatic rings. The molecule has 0 spiro atoms. The quantitative estimate of drug-likeness (QED) is 0.900. The standard InChI is InChI=1S/C15H23FN4O/c1-3-7-19-8-10-20(11-9-19)15(21)12-5-6-18-14(13(12)16)17-4-2/h5-6H,3-4,7-11H2,1-2H3,(H,17,18). The molecule has 0 saturated carbocycles. The van der Waals surface area contributed by atoms with Crippen LogP contribution in [-0.4, -0.2) is 60.0 Å². The lowest BCUT2D eigenvalue weighted by Crippen LogP contribution is -2.48. The van der Waals surface area contributed by atoms with E-state index in [2.05, 4.69) is 22.1 Å². The smallest absolute Gasteiger partial charge is 0.257 e. The Morgan fingerprint density at radius 3 is 2.67 bits per heavy atom. The van der Waals surface area contributed by atoms with Crippen LogP contribution in [0.4, 0.5) is 10.2 Å². The lowest BCUT2D eigenvalue weighted by Gasteiger charge is -2.34. The monoisotopic (exact) mass is 294 g/mol. The molecule has 0 bridgehead atoms. The molecule has 1 saturated heterocycles. The van der Waals surface area contributed by atoms with Crippen LogP contribution in [0.25, 0.3) is 0 Å². The first-order chi connectivity index (χ1) is 10.2. The predicted molar refractivity (Wildman–Crippen MR) is 81.0 cm³/mol. The van der Waals surface area contributed by atoms with Gasteiger partial charge >= 0.3 is 0 Å². The number of anilines is 1. The third-order valence-corrected chi connectivity index (χ3v) is 3.66. The molecule has 1 aliphatic rings. The number of hydrogen-bond donors (Lipinski definition) is 1. The molecule has 0 aromatic carbocycles. The zero-order valence-electron chi connectivity index (χ0n) is 12.7. The van der Waals surface area contributed by atoms with Gasteiger partial charge in [-0.15, -0.1) is 0 Å². The first-order valence-electron chi connectivity index (χ1n) is 7.57. The molecule has 1 aliphatic heterocycles. The van der Waals surface area contributed by atoms with Crippen LogP contribution in [-0.2, 0) is 0 Å². The van der Waals surface area contributed by atoms with Crippen LogP contribution >= 0.6 is 0 Å². The summed E-state index contributed by atoms with van der Waals surface area (Å²) in [4.78, 5) is 20.4. The number of nitrogens with one attached hydrogen (secondary N) is 1. The Bertz CT molecular complexity index is 487. The predicted octanol–water partition coefficient (Wildman–Crippen LogP) is 1.82. The summed E-state index contributed by atoms with van der Waals surface area (Å²) < 4.78 is 14.3. The fourth-order valence-corrected chi connectivity index (χ4v) is 2.56.